The van der Waals surface area contributed by atoms with Crippen molar-refractivity contribution in [3.8, 4) is 0 Å². The van der Waals surface area contributed by atoms with E-state index < -0.39 is 9.76 Å². The van der Waals surface area contributed by atoms with Gasteiger partial charge >= 0.3 is 5.97 Å². The van der Waals surface area contributed by atoms with Crippen LogP contribution in [0.1, 0.15) is 28.4 Å². The quantitative estimate of drug-likeness (QED) is 0.517. The molecule has 1 rings (SSSR count). The molecule has 0 bridgehead atoms. The predicted octanol–water partition coefficient (Wildman–Crippen LogP) is 5.24. The molecule has 0 unspecified atom stereocenters. The van der Waals surface area contributed by atoms with E-state index >= 15 is 0 Å². The van der Waals surface area contributed by atoms with Crippen LogP contribution < -0.4 is 0 Å². The van der Waals surface area contributed by atoms with Gasteiger partial charge in [0.05, 0.1) is 17.2 Å². The highest BCUT2D eigenvalue weighted by molar-refractivity contribution is 9.08. The summed E-state index contributed by atoms with van der Waals surface area (Å²) < 4.78 is 3.30. The summed E-state index contributed by atoms with van der Waals surface area (Å²) in [7, 11) is 0. The topological polar surface area (TPSA) is 26.3 Å². The fraction of sp³-hybridized carbons (Fsp3) is 0.364. The first kappa shape index (κ1) is 16.4. The minimum absolute atomic E-state index is 0.231. The first-order chi connectivity index (χ1) is 8.32. The van der Waals surface area contributed by atoms with Gasteiger partial charge in [0.15, 0.2) is 0 Å². The van der Waals surface area contributed by atoms with Gasteiger partial charge in [-0.2, -0.15) is 0 Å². The first-order valence-corrected chi connectivity index (χ1v) is 7.57. The predicted molar refractivity (Wildman–Crippen MR) is 79.3 cm³/mol. The van der Waals surface area contributed by atoms with Crippen LogP contribution in [0, 0.1) is 0 Å². The van der Waals surface area contributed by atoms with Crippen LogP contribution in [0.25, 0.3) is 0 Å². The Morgan fingerprint density at radius 1 is 1.39 bits per heavy atom. The highest BCUT2D eigenvalue weighted by atomic mass is 79.9. The number of benzene rings is 1. The Labute approximate surface area is 134 Å². The maximum absolute atomic E-state index is 11.7. The summed E-state index contributed by atoms with van der Waals surface area (Å²) >= 11 is 26.9. The van der Waals surface area contributed by atoms with Crippen LogP contribution in [-0.2, 0) is 13.9 Å². The van der Waals surface area contributed by atoms with Crippen LogP contribution in [0.15, 0.2) is 12.1 Å². The van der Waals surface area contributed by atoms with Gasteiger partial charge in [-0.25, -0.2) is 4.79 Å². The van der Waals surface area contributed by atoms with Crippen LogP contribution in [0.5, 0.6) is 0 Å². The molecule has 0 aliphatic rings. The average Bonchev–Trinajstić information content (AvgIpc) is 2.27. The lowest BCUT2D eigenvalue weighted by atomic mass is 10.1. The maximum atomic E-state index is 11.7. The molecule has 0 fully saturated rings. The fourth-order valence-corrected chi connectivity index (χ4v) is 2.97. The number of halogens is 5. The molecule has 0 heterocycles. The molecule has 0 aliphatic carbocycles. The molecule has 0 amide bonds. The minimum atomic E-state index is -1.60. The Morgan fingerprint density at radius 3 is 2.44 bits per heavy atom. The van der Waals surface area contributed by atoms with Gasteiger partial charge in [0.25, 0.3) is 0 Å². The largest absolute Gasteiger partial charge is 0.462 e. The molecule has 0 saturated carbocycles. The van der Waals surface area contributed by atoms with Crippen molar-refractivity contribution >= 4 is 68.3 Å². The summed E-state index contributed by atoms with van der Waals surface area (Å²) in [6.45, 7) is 1.98. The second-order valence-corrected chi connectivity index (χ2v) is 6.53. The smallest absolute Gasteiger partial charge is 0.339 e. The lowest BCUT2D eigenvalue weighted by Gasteiger charge is -2.18. The van der Waals surface area contributed by atoms with Crippen molar-refractivity contribution < 1.29 is 9.53 Å². The Bertz CT molecular complexity index is 457. The number of hydrogen-bond donors (Lipinski definition) is 0. The molecule has 0 atom stereocenters. The van der Waals surface area contributed by atoms with Gasteiger partial charge in [-0.1, -0.05) is 68.4 Å². The average molecular weight is 395 g/mol. The number of ether oxygens (including phenoxy) is 1. The van der Waals surface area contributed by atoms with Gasteiger partial charge in [-0.3, -0.25) is 0 Å². The molecular weight excluding hydrogens is 386 g/mol. The van der Waals surface area contributed by atoms with Crippen molar-refractivity contribution in [1.82, 2.24) is 0 Å². The third-order valence-corrected chi connectivity index (χ3v) is 3.78. The van der Waals surface area contributed by atoms with Crippen molar-refractivity contribution in [1.29, 1.82) is 0 Å². The highest BCUT2D eigenvalue weighted by Crippen LogP contribution is 2.43. The second kappa shape index (κ2) is 6.67. The molecule has 1 aromatic carbocycles. The zero-order valence-corrected chi connectivity index (χ0v) is 13.9. The van der Waals surface area contributed by atoms with E-state index in [1.807, 2.05) is 0 Å². The molecule has 2 nitrogen and oxygen atoms in total. The third-order valence-electron chi connectivity index (χ3n) is 2.18. The maximum Gasteiger partial charge on any atom is 0.339 e. The van der Waals surface area contributed by atoms with E-state index in [1.54, 1.807) is 13.0 Å². The minimum Gasteiger partial charge on any atom is -0.462 e. The molecule has 0 aromatic heterocycles. The molecule has 18 heavy (non-hydrogen) atoms. The third kappa shape index (κ3) is 3.67. The molecule has 0 N–H and O–H groups in total. The summed E-state index contributed by atoms with van der Waals surface area (Å²) in [6.07, 6.45) is 0. The molecule has 0 spiro atoms. The Morgan fingerprint density at radius 2 is 2.00 bits per heavy atom. The van der Waals surface area contributed by atoms with E-state index in [0.29, 0.717) is 16.5 Å². The monoisotopic (exact) mass is 392 g/mol. The standard InChI is InChI=1S/C11H9BrCl4O2/c1-2-18-10(17)6-3-4-8(11(14,15)16)7(5-12)9(6)13/h3-4H,2,5H2,1H3. The number of alkyl halides is 4. The van der Waals surface area contributed by atoms with Crippen LogP contribution in [0.2, 0.25) is 5.02 Å². The number of esters is 1. The zero-order valence-electron chi connectivity index (χ0n) is 9.28. The van der Waals surface area contributed by atoms with Gasteiger partial charge < -0.3 is 4.74 Å². The van der Waals surface area contributed by atoms with E-state index in [0.717, 1.165) is 0 Å². The van der Waals surface area contributed by atoms with E-state index in [9.17, 15) is 4.79 Å². The van der Waals surface area contributed by atoms with E-state index in [4.69, 9.17) is 51.1 Å². The van der Waals surface area contributed by atoms with Crippen molar-refractivity contribution in [2.75, 3.05) is 6.61 Å². The van der Waals surface area contributed by atoms with Gasteiger partial charge in [0.1, 0.15) is 0 Å². The summed E-state index contributed by atoms with van der Waals surface area (Å²) in [5.74, 6) is -0.499. The normalized spacial score (nSPS) is 11.4. The van der Waals surface area contributed by atoms with Crippen molar-refractivity contribution in [2.45, 2.75) is 16.0 Å². The van der Waals surface area contributed by atoms with Gasteiger partial charge in [0, 0.05) is 10.9 Å². The van der Waals surface area contributed by atoms with E-state index in [1.165, 1.54) is 6.07 Å². The van der Waals surface area contributed by atoms with Crippen LogP contribution in [-0.4, -0.2) is 12.6 Å². The molecule has 7 heteroatoms. The number of rotatable bonds is 3. The van der Waals surface area contributed by atoms with Crippen molar-refractivity contribution in [3.63, 3.8) is 0 Å². The Hall–Kier alpha value is 0.330. The van der Waals surface area contributed by atoms with E-state index in [2.05, 4.69) is 15.9 Å². The molecule has 0 saturated heterocycles. The first-order valence-electron chi connectivity index (χ1n) is 4.94. The summed E-state index contributed by atoms with van der Waals surface area (Å²) in [4.78, 5) is 11.7. The molecule has 1 aromatic rings. The highest BCUT2D eigenvalue weighted by Gasteiger charge is 2.29. The number of carbonyl (C=O) groups is 1. The van der Waals surface area contributed by atoms with Crippen molar-refractivity contribution in [2.24, 2.45) is 0 Å². The van der Waals surface area contributed by atoms with Gasteiger partial charge in [0.2, 0.25) is 3.79 Å². The van der Waals surface area contributed by atoms with Gasteiger partial charge in [-0.15, -0.1) is 0 Å². The molecule has 0 radical (unpaired) electrons. The fourth-order valence-electron chi connectivity index (χ4n) is 1.38. The van der Waals surface area contributed by atoms with E-state index in [-0.39, 0.29) is 17.2 Å². The Balaban J connectivity index is 3.33. The number of carbonyl (C=O) groups excluding carboxylic acids is 1. The van der Waals surface area contributed by atoms with Crippen LogP contribution >= 0.6 is 62.3 Å². The summed E-state index contributed by atoms with van der Waals surface area (Å²) in [6, 6.07) is 3.05. The SMILES string of the molecule is CCOC(=O)c1ccc(C(Cl)(Cl)Cl)c(CBr)c1Cl. The lowest BCUT2D eigenvalue weighted by molar-refractivity contribution is 0.0526. The van der Waals surface area contributed by atoms with Crippen LogP contribution in [0.3, 0.4) is 0 Å². The zero-order chi connectivity index (χ0) is 13.9. The van der Waals surface area contributed by atoms with Crippen LogP contribution in [0.4, 0.5) is 0 Å². The molecule has 0 aliphatic heterocycles. The van der Waals surface area contributed by atoms with Gasteiger partial charge in [-0.05, 0) is 18.6 Å². The number of hydrogen-bond acceptors (Lipinski definition) is 2. The Kier molecular flexibility index (Phi) is 6.07. The molecule has 100 valence electrons. The second-order valence-electron chi connectivity index (χ2n) is 3.31. The van der Waals surface area contributed by atoms with Crippen molar-refractivity contribution in [3.05, 3.63) is 33.8 Å². The lowest BCUT2D eigenvalue weighted by Crippen LogP contribution is -2.10. The summed E-state index contributed by atoms with van der Waals surface area (Å²) in [5, 5.41) is 0.594. The molecular formula is C11H9BrCl4O2. The summed E-state index contributed by atoms with van der Waals surface area (Å²) in [5.41, 5.74) is 1.25.